The van der Waals surface area contributed by atoms with E-state index in [9.17, 15) is 19.5 Å². The van der Waals surface area contributed by atoms with Crippen LogP contribution in [0.3, 0.4) is 0 Å². The highest BCUT2D eigenvalue weighted by molar-refractivity contribution is 5.96. The van der Waals surface area contributed by atoms with Crippen molar-refractivity contribution in [2.45, 2.75) is 45.4 Å². The van der Waals surface area contributed by atoms with E-state index in [0.29, 0.717) is 36.2 Å². The summed E-state index contributed by atoms with van der Waals surface area (Å²) < 4.78 is 14.0. The standard InChI is InChI=1S/C32H34N2O6/c1-4-5-15-27-28(31(39-2)40-3)34(29(35)24-11-7-6-8-12-24)32(38)33(27)21-20-22-16-18-23(19-17-22)25-13-9-10-14-26(25)30(36)37/h6-14,16-19,31H,4-5,15,20-21H2,1-3H3,(H,36,37). The number of carbonyl (C=O) groups excluding carboxylic acids is 1. The number of carboxylic acid groups (broad SMARTS) is 1. The normalized spacial score (nSPS) is 11.2. The monoisotopic (exact) mass is 542 g/mol. The number of ether oxygens (including phenoxy) is 2. The minimum Gasteiger partial charge on any atom is -0.478 e. The highest BCUT2D eigenvalue weighted by Gasteiger charge is 2.30. The van der Waals surface area contributed by atoms with E-state index in [0.717, 1.165) is 29.7 Å². The van der Waals surface area contributed by atoms with Crippen LogP contribution in [0.1, 0.15) is 63.7 Å². The minimum absolute atomic E-state index is 0.241. The van der Waals surface area contributed by atoms with Gasteiger partial charge in [-0.25, -0.2) is 14.2 Å². The molecule has 3 aromatic carbocycles. The van der Waals surface area contributed by atoms with Gasteiger partial charge in [-0.3, -0.25) is 9.36 Å². The fourth-order valence-electron chi connectivity index (χ4n) is 4.92. The number of aromatic carboxylic acids is 1. The number of aromatic nitrogens is 2. The van der Waals surface area contributed by atoms with Crippen molar-refractivity contribution in [3.8, 4) is 11.1 Å². The van der Waals surface area contributed by atoms with Crippen molar-refractivity contribution in [2.75, 3.05) is 14.2 Å². The number of hydrogen-bond donors (Lipinski definition) is 1. The summed E-state index contributed by atoms with van der Waals surface area (Å²) in [5.74, 6) is -1.41. The first kappa shape index (κ1) is 28.7. The molecular weight excluding hydrogens is 508 g/mol. The smallest absolute Gasteiger partial charge is 0.336 e. The molecule has 0 bridgehead atoms. The van der Waals surface area contributed by atoms with Crippen LogP contribution in [-0.4, -0.2) is 40.3 Å². The third-order valence-corrected chi connectivity index (χ3v) is 6.97. The van der Waals surface area contributed by atoms with Crippen molar-refractivity contribution < 1.29 is 24.2 Å². The lowest BCUT2D eigenvalue weighted by Crippen LogP contribution is -2.32. The molecule has 4 rings (SSSR count). The van der Waals surface area contributed by atoms with Crippen LogP contribution in [0.4, 0.5) is 0 Å². The maximum absolute atomic E-state index is 13.8. The topological polar surface area (TPSA) is 99.8 Å². The van der Waals surface area contributed by atoms with Gasteiger partial charge in [-0.05, 0) is 54.2 Å². The molecule has 8 heteroatoms. The number of carboxylic acids is 1. The Balaban J connectivity index is 1.71. The molecule has 0 fully saturated rings. The Labute approximate surface area is 233 Å². The molecule has 0 saturated heterocycles. The van der Waals surface area contributed by atoms with Crippen molar-refractivity contribution in [2.24, 2.45) is 0 Å². The summed E-state index contributed by atoms with van der Waals surface area (Å²) >= 11 is 0. The van der Waals surface area contributed by atoms with Crippen molar-refractivity contribution in [3.05, 3.63) is 117 Å². The second-order valence-electron chi connectivity index (χ2n) is 9.48. The van der Waals surface area contributed by atoms with E-state index >= 15 is 0 Å². The van der Waals surface area contributed by atoms with Crippen LogP contribution in [0.2, 0.25) is 0 Å². The Hall–Kier alpha value is -4.27. The minimum atomic E-state index is -0.977. The molecule has 0 radical (unpaired) electrons. The third kappa shape index (κ3) is 5.98. The largest absolute Gasteiger partial charge is 0.478 e. The highest BCUT2D eigenvalue weighted by atomic mass is 16.7. The maximum atomic E-state index is 13.8. The maximum Gasteiger partial charge on any atom is 0.336 e. The lowest BCUT2D eigenvalue weighted by molar-refractivity contribution is -0.110. The zero-order valence-electron chi connectivity index (χ0n) is 23.0. The third-order valence-electron chi connectivity index (χ3n) is 6.97. The van der Waals surface area contributed by atoms with Gasteiger partial charge in [0.25, 0.3) is 5.91 Å². The molecule has 0 saturated carbocycles. The van der Waals surface area contributed by atoms with Gasteiger partial charge in [-0.1, -0.05) is 74.0 Å². The summed E-state index contributed by atoms with van der Waals surface area (Å²) in [5, 5.41) is 9.54. The molecule has 0 unspecified atom stereocenters. The summed E-state index contributed by atoms with van der Waals surface area (Å²) in [5.41, 5.74) is 3.76. The molecule has 0 spiro atoms. The summed E-state index contributed by atoms with van der Waals surface area (Å²) in [6.07, 6.45) is 1.98. The number of methoxy groups -OCH3 is 2. The number of imidazole rings is 1. The zero-order valence-corrected chi connectivity index (χ0v) is 23.0. The second-order valence-corrected chi connectivity index (χ2v) is 9.48. The summed E-state index contributed by atoms with van der Waals surface area (Å²) in [6, 6.07) is 23.2. The number of hydrogen-bond acceptors (Lipinski definition) is 5. The fourth-order valence-corrected chi connectivity index (χ4v) is 4.92. The van der Waals surface area contributed by atoms with Gasteiger partial charge < -0.3 is 14.6 Å². The van der Waals surface area contributed by atoms with Gasteiger partial charge >= 0.3 is 11.7 Å². The molecule has 4 aromatic rings. The molecule has 0 atom stereocenters. The highest BCUT2D eigenvalue weighted by Crippen LogP contribution is 2.26. The SMILES string of the molecule is CCCCc1c(C(OC)OC)n(C(=O)c2ccccc2)c(=O)n1CCc1ccc(-c2ccccc2C(=O)O)cc1. The van der Waals surface area contributed by atoms with Crippen molar-refractivity contribution in [1.82, 2.24) is 9.13 Å². The zero-order chi connectivity index (χ0) is 28.6. The van der Waals surface area contributed by atoms with E-state index in [2.05, 4.69) is 6.92 Å². The molecule has 0 aliphatic rings. The number of unbranched alkanes of at least 4 members (excludes halogenated alkanes) is 1. The number of aryl methyl sites for hydroxylation is 1. The van der Waals surface area contributed by atoms with Gasteiger partial charge in [-0.15, -0.1) is 0 Å². The molecule has 0 amide bonds. The van der Waals surface area contributed by atoms with Crippen LogP contribution in [0.15, 0.2) is 83.7 Å². The first-order valence-electron chi connectivity index (χ1n) is 13.3. The molecular formula is C32H34N2O6. The fraction of sp³-hybridized carbons (Fsp3) is 0.281. The number of nitrogens with zero attached hydrogens (tertiary/aromatic N) is 2. The average molecular weight is 543 g/mol. The Morgan fingerprint density at radius 3 is 2.15 bits per heavy atom. The molecule has 0 aliphatic carbocycles. The van der Waals surface area contributed by atoms with Gasteiger partial charge in [0.05, 0.1) is 5.56 Å². The lowest BCUT2D eigenvalue weighted by atomic mass is 9.98. The molecule has 40 heavy (non-hydrogen) atoms. The molecule has 0 aliphatic heterocycles. The molecule has 8 nitrogen and oxygen atoms in total. The first-order chi connectivity index (χ1) is 19.4. The molecule has 1 heterocycles. The summed E-state index contributed by atoms with van der Waals surface area (Å²) in [6.45, 7) is 2.42. The van der Waals surface area contributed by atoms with Crippen LogP contribution in [0.5, 0.6) is 0 Å². The Kier molecular flexibility index (Phi) is 9.47. The summed E-state index contributed by atoms with van der Waals surface area (Å²) in [7, 11) is 2.97. The van der Waals surface area contributed by atoms with E-state index < -0.39 is 23.9 Å². The van der Waals surface area contributed by atoms with Crippen LogP contribution < -0.4 is 5.69 Å². The van der Waals surface area contributed by atoms with E-state index in [1.165, 1.54) is 18.8 Å². The summed E-state index contributed by atoms with van der Waals surface area (Å²) in [4.78, 5) is 39.1. The number of carbonyl (C=O) groups is 2. The van der Waals surface area contributed by atoms with Gasteiger partial charge in [0.15, 0.2) is 0 Å². The van der Waals surface area contributed by atoms with Crippen molar-refractivity contribution in [3.63, 3.8) is 0 Å². The van der Waals surface area contributed by atoms with Crippen molar-refractivity contribution in [1.29, 1.82) is 0 Å². The Morgan fingerprint density at radius 1 is 0.875 bits per heavy atom. The van der Waals surface area contributed by atoms with E-state index in [-0.39, 0.29) is 5.56 Å². The van der Waals surface area contributed by atoms with Gasteiger partial charge in [0.2, 0.25) is 6.29 Å². The van der Waals surface area contributed by atoms with E-state index in [1.54, 1.807) is 47.0 Å². The van der Waals surface area contributed by atoms with Gasteiger partial charge in [0.1, 0.15) is 5.69 Å². The van der Waals surface area contributed by atoms with Gasteiger partial charge in [0, 0.05) is 32.0 Å². The average Bonchev–Trinajstić information content (AvgIpc) is 3.26. The van der Waals surface area contributed by atoms with Crippen LogP contribution in [0.25, 0.3) is 11.1 Å². The van der Waals surface area contributed by atoms with Crippen LogP contribution >= 0.6 is 0 Å². The number of rotatable bonds is 12. The predicted octanol–water partition coefficient (Wildman–Crippen LogP) is 5.58. The van der Waals surface area contributed by atoms with Crippen molar-refractivity contribution >= 4 is 11.9 Å². The van der Waals surface area contributed by atoms with Gasteiger partial charge in [-0.2, -0.15) is 0 Å². The van der Waals surface area contributed by atoms with Crippen LogP contribution in [0, 0.1) is 0 Å². The Morgan fingerprint density at radius 2 is 1.52 bits per heavy atom. The van der Waals surface area contributed by atoms with E-state index in [1.807, 2.05) is 36.4 Å². The molecule has 1 N–H and O–H groups in total. The lowest BCUT2D eigenvalue weighted by Gasteiger charge is -2.17. The molecule has 1 aromatic heterocycles. The second kappa shape index (κ2) is 13.2. The quantitative estimate of drug-likeness (QED) is 0.235. The van der Waals surface area contributed by atoms with E-state index in [4.69, 9.17) is 9.47 Å². The number of benzene rings is 3. The predicted molar refractivity (Wildman–Crippen MR) is 153 cm³/mol. The molecule has 208 valence electrons. The van der Waals surface area contributed by atoms with Crippen LogP contribution in [-0.2, 0) is 28.9 Å². The first-order valence-corrected chi connectivity index (χ1v) is 13.3. The Bertz CT molecular complexity index is 1520.